The maximum atomic E-state index is 14.5. The lowest BCUT2D eigenvalue weighted by molar-refractivity contribution is -0.0188. The summed E-state index contributed by atoms with van der Waals surface area (Å²) in [4.78, 5) is 8.23. The quantitative estimate of drug-likeness (QED) is 0.310. The Balaban J connectivity index is 0.000000253. The van der Waals surface area contributed by atoms with Crippen molar-refractivity contribution in [2.24, 2.45) is 5.92 Å². The molecule has 2 aromatic rings. The van der Waals surface area contributed by atoms with Gasteiger partial charge in [-0.3, -0.25) is 0 Å². The summed E-state index contributed by atoms with van der Waals surface area (Å²) in [5.41, 5.74) is 1.11. The summed E-state index contributed by atoms with van der Waals surface area (Å²) in [7, 11) is 3.32. The predicted octanol–water partition coefficient (Wildman–Crippen LogP) is 7.35. The molecule has 36 heavy (non-hydrogen) atoms. The molecular weight excluding hydrogens is 487 g/mol. The normalized spacial score (nSPS) is 22.7. The second-order valence-corrected chi connectivity index (χ2v) is 11.1. The van der Waals surface area contributed by atoms with Crippen LogP contribution in [0.2, 0.25) is 5.02 Å². The van der Waals surface area contributed by atoms with Crippen LogP contribution in [0.25, 0.3) is 0 Å². The summed E-state index contributed by atoms with van der Waals surface area (Å²) in [6, 6.07) is 5.62. The first-order valence-corrected chi connectivity index (χ1v) is 12.2. The van der Waals surface area contributed by atoms with Crippen LogP contribution in [0.5, 0.6) is 0 Å². The maximum Gasteiger partial charge on any atom is 0.149 e. The molecule has 1 aromatic heterocycles. The number of benzene rings is 1. The number of aryl methyl sites for hydroxylation is 1. The summed E-state index contributed by atoms with van der Waals surface area (Å²) < 4.78 is 46.3. The molecule has 1 aromatic carbocycles. The van der Waals surface area contributed by atoms with E-state index in [9.17, 15) is 13.2 Å². The van der Waals surface area contributed by atoms with Crippen molar-refractivity contribution in [3.63, 3.8) is 0 Å². The van der Waals surface area contributed by atoms with Crippen molar-refractivity contribution in [2.45, 2.75) is 64.5 Å². The molecule has 196 valence electrons. The largest absolute Gasteiger partial charge is 0.375 e. The zero-order chi connectivity index (χ0) is 27.2. The van der Waals surface area contributed by atoms with E-state index in [2.05, 4.69) is 36.9 Å². The zero-order valence-electron chi connectivity index (χ0n) is 22.0. The molecule has 0 amide bonds. The van der Waals surface area contributed by atoms with E-state index < -0.39 is 17.3 Å². The fourth-order valence-electron chi connectivity index (χ4n) is 4.79. The summed E-state index contributed by atoms with van der Waals surface area (Å²) in [5.74, 6) is -0.379. The third kappa shape index (κ3) is 5.73. The standard InChI is InChI=1S/C20H27FN2O.C8H8ClF2N/c1-8-16-18-15(11-19(4,5)24-18)13(3)23(16)17-10-14(20(6,7)21)9-12(2)22-17;1-12(2)8-3-5(9)6(10)4-7(8)11/h8-10,15-16,18H,1,3,11H2,2,4-7H3;3-4H,1-2H3. The number of anilines is 2. The van der Waals surface area contributed by atoms with Gasteiger partial charge < -0.3 is 14.5 Å². The average Bonchev–Trinajstić information content (AvgIpc) is 3.20. The molecule has 2 saturated heterocycles. The Morgan fingerprint density at radius 2 is 1.83 bits per heavy atom. The van der Waals surface area contributed by atoms with Crippen molar-refractivity contribution < 1.29 is 17.9 Å². The van der Waals surface area contributed by atoms with Crippen LogP contribution in [-0.4, -0.2) is 36.8 Å². The van der Waals surface area contributed by atoms with Crippen LogP contribution in [0.1, 0.15) is 45.4 Å². The number of rotatable bonds is 4. The minimum absolute atomic E-state index is 0.0224. The Bertz CT molecular complexity index is 1160. The highest BCUT2D eigenvalue weighted by atomic mass is 35.5. The number of ether oxygens (including phenoxy) is 1. The van der Waals surface area contributed by atoms with E-state index in [1.165, 1.54) is 11.0 Å². The lowest BCUT2D eigenvalue weighted by atomic mass is 9.93. The third-order valence-corrected chi connectivity index (χ3v) is 6.81. The first-order chi connectivity index (χ1) is 16.6. The van der Waals surface area contributed by atoms with E-state index in [0.717, 1.165) is 29.7 Å². The Morgan fingerprint density at radius 1 is 1.19 bits per heavy atom. The van der Waals surface area contributed by atoms with Gasteiger partial charge in [0, 0.05) is 37.5 Å². The van der Waals surface area contributed by atoms with E-state index in [-0.39, 0.29) is 34.4 Å². The third-order valence-electron chi connectivity index (χ3n) is 6.52. The maximum absolute atomic E-state index is 14.5. The minimum atomic E-state index is -1.42. The van der Waals surface area contributed by atoms with Crippen molar-refractivity contribution in [2.75, 3.05) is 23.9 Å². The van der Waals surface area contributed by atoms with Gasteiger partial charge in [-0.15, -0.1) is 6.58 Å². The van der Waals surface area contributed by atoms with Crippen LogP contribution in [-0.2, 0) is 10.4 Å². The fraction of sp³-hybridized carbons (Fsp3) is 0.464. The molecule has 0 spiro atoms. The van der Waals surface area contributed by atoms with E-state index >= 15 is 0 Å². The van der Waals surface area contributed by atoms with Crippen LogP contribution < -0.4 is 9.80 Å². The highest BCUT2D eigenvalue weighted by molar-refractivity contribution is 6.31. The van der Waals surface area contributed by atoms with Crippen LogP contribution in [0.15, 0.2) is 49.2 Å². The molecule has 8 heteroatoms. The number of nitrogens with zero attached hydrogens (tertiary/aromatic N) is 3. The monoisotopic (exact) mass is 521 g/mol. The van der Waals surface area contributed by atoms with Crippen molar-refractivity contribution >= 4 is 23.1 Å². The summed E-state index contributed by atoms with van der Waals surface area (Å²) >= 11 is 5.46. The van der Waals surface area contributed by atoms with E-state index in [4.69, 9.17) is 16.3 Å². The van der Waals surface area contributed by atoms with Gasteiger partial charge in [-0.1, -0.05) is 24.3 Å². The lowest BCUT2D eigenvalue weighted by Gasteiger charge is -2.31. The second-order valence-electron chi connectivity index (χ2n) is 10.7. The highest BCUT2D eigenvalue weighted by Gasteiger charge is 2.53. The van der Waals surface area contributed by atoms with Gasteiger partial charge in [0.25, 0.3) is 0 Å². The van der Waals surface area contributed by atoms with Crippen LogP contribution in [0, 0.1) is 24.5 Å². The molecule has 0 aliphatic carbocycles. The minimum Gasteiger partial charge on any atom is -0.375 e. The Hall–Kier alpha value is -2.51. The number of hydrogen-bond acceptors (Lipinski definition) is 4. The summed E-state index contributed by atoms with van der Waals surface area (Å²) in [5, 5.41) is -0.0694. The van der Waals surface area contributed by atoms with Crippen molar-refractivity contribution in [3.8, 4) is 0 Å². The number of aromatic nitrogens is 1. The highest BCUT2D eigenvalue weighted by Crippen LogP contribution is 2.49. The van der Waals surface area contributed by atoms with Gasteiger partial charge in [0.15, 0.2) is 0 Å². The molecule has 3 heterocycles. The number of fused-ring (bicyclic) bond motifs is 1. The lowest BCUT2D eigenvalue weighted by Crippen LogP contribution is -2.36. The predicted molar refractivity (Wildman–Crippen MR) is 141 cm³/mol. The van der Waals surface area contributed by atoms with Gasteiger partial charge in [0.1, 0.15) is 23.1 Å². The SMILES string of the molecule is C=CC1C2OC(C)(C)CC2C(=C)N1c1cc(C(C)(C)F)cc(C)n1.CN(C)c1cc(Cl)c(F)cc1F. The molecule has 0 N–H and O–H groups in total. The van der Waals surface area contributed by atoms with Gasteiger partial charge in [-0.2, -0.15) is 0 Å². The molecule has 3 atom stereocenters. The molecular formula is C28H35ClF3N3O. The molecule has 2 fully saturated rings. The number of alkyl halides is 1. The summed E-state index contributed by atoms with van der Waals surface area (Å²) in [6.07, 6.45) is 2.83. The number of halogens is 4. The van der Waals surface area contributed by atoms with Crippen LogP contribution in [0.3, 0.4) is 0 Å². The molecule has 0 saturated carbocycles. The Kier molecular flexibility index (Phi) is 7.87. The number of hydrogen-bond donors (Lipinski definition) is 0. The zero-order valence-corrected chi connectivity index (χ0v) is 22.8. The van der Waals surface area contributed by atoms with E-state index in [1.807, 2.05) is 19.1 Å². The molecule has 4 rings (SSSR count). The van der Waals surface area contributed by atoms with Gasteiger partial charge in [-0.25, -0.2) is 18.2 Å². The topological polar surface area (TPSA) is 28.6 Å². The van der Waals surface area contributed by atoms with Gasteiger partial charge in [-0.05, 0) is 64.8 Å². The van der Waals surface area contributed by atoms with Crippen LogP contribution >= 0.6 is 11.6 Å². The molecule has 3 unspecified atom stereocenters. The Morgan fingerprint density at radius 3 is 2.39 bits per heavy atom. The fourth-order valence-corrected chi connectivity index (χ4v) is 4.95. The van der Waals surface area contributed by atoms with Crippen molar-refractivity contribution in [3.05, 3.63) is 77.1 Å². The van der Waals surface area contributed by atoms with Gasteiger partial charge >= 0.3 is 0 Å². The molecule has 2 aliphatic rings. The molecule has 4 nitrogen and oxygen atoms in total. The van der Waals surface area contributed by atoms with Crippen molar-refractivity contribution in [1.82, 2.24) is 4.98 Å². The van der Waals surface area contributed by atoms with Crippen molar-refractivity contribution in [1.29, 1.82) is 0 Å². The Labute approximate surface area is 217 Å². The molecule has 0 bridgehead atoms. The second kappa shape index (κ2) is 10.1. The summed E-state index contributed by atoms with van der Waals surface area (Å²) in [6.45, 7) is 17.5. The van der Waals surface area contributed by atoms with E-state index in [0.29, 0.717) is 5.56 Å². The van der Waals surface area contributed by atoms with Gasteiger partial charge in [0.2, 0.25) is 0 Å². The molecule has 2 aliphatic heterocycles. The van der Waals surface area contributed by atoms with Crippen LogP contribution in [0.4, 0.5) is 24.7 Å². The van der Waals surface area contributed by atoms with E-state index in [1.54, 1.807) is 34.0 Å². The smallest absolute Gasteiger partial charge is 0.149 e. The van der Waals surface area contributed by atoms with Gasteiger partial charge in [0.05, 0.1) is 28.5 Å². The first kappa shape index (κ1) is 28.1. The average molecular weight is 522 g/mol. The molecule has 0 radical (unpaired) electrons. The first-order valence-electron chi connectivity index (χ1n) is 11.8. The number of pyridine rings is 1.